The molecule has 0 saturated heterocycles. The predicted molar refractivity (Wildman–Crippen MR) is 200 cm³/mol. The second kappa shape index (κ2) is 14.8. The fourth-order valence-corrected chi connectivity index (χ4v) is 7.02. The Morgan fingerprint density at radius 2 is 1.25 bits per heavy atom. The van der Waals surface area contributed by atoms with Gasteiger partial charge in [-0.15, -0.1) is 5.10 Å². The SMILES string of the molecule is CCCc1nc(C(C)=O)c(C(=O)OC)n1Cc1ccc(-c2ccccc2-c2nnnn2C(c2ccccc2)(c2ccccc2)c2ccccc2)cc1. The topological polar surface area (TPSA) is 105 Å². The van der Waals surface area contributed by atoms with Gasteiger partial charge in [0.25, 0.3) is 0 Å². The van der Waals surface area contributed by atoms with E-state index >= 15 is 0 Å². The second-order valence-corrected chi connectivity index (χ2v) is 12.6. The molecule has 0 aliphatic heterocycles. The number of rotatable bonds is 12. The minimum absolute atomic E-state index is 0.135. The number of hydrogen-bond donors (Lipinski definition) is 0. The van der Waals surface area contributed by atoms with Gasteiger partial charge in [-0.1, -0.05) is 146 Å². The van der Waals surface area contributed by atoms with Crippen LogP contribution in [0.4, 0.5) is 0 Å². The molecule has 0 aliphatic rings. The first kappa shape index (κ1) is 34.0. The van der Waals surface area contributed by atoms with E-state index < -0.39 is 11.5 Å². The van der Waals surface area contributed by atoms with Crippen molar-refractivity contribution in [2.24, 2.45) is 0 Å². The van der Waals surface area contributed by atoms with E-state index in [1.807, 2.05) is 96.5 Å². The summed E-state index contributed by atoms with van der Waals surface area (Å²) in [4.78, 5) is 29.9. The van der Waals surface area contributed by atoms with Crippen LogP contribution in [0.2, 0.25) is 0 Å². The van der Waals surface area contributed by atoms with Gasteiger partial charge in [-0.05, 0) is 50.2 Å². The summed E-state index contributed by atoms with van der Waals surface area (Å²) in [5.41, 5.74) is 6.21. The van der Waals surface area contributed by atoms with Crippen LogP contribution in [0.3, 0.4) is 0 Å². The Kier molecular flexibility index (Phi) is 9.66. The zero-order valence-corrected chi connectivity index (χ0v) is 29.3. The summed E-state index contributed by atoms with van der Waals surface area (Å²) in [5.74, 6) is 0.425. The fourth-order valence-electron chi connectivity index (χ4n) is 7.02. The van der Waals surface area contributed by atoms with Crippen LogP contribution < -0.4 is 0 Å². The van der Waals surface area contributed by atoms with E-state index in [0.717, 1.165) is 45.4 Å². The van der Waals surface area contributed by atoms with E-state index in [-0.39, 0.29) is 17.2 Å². The van der Waals surface area contributed by atoms with E-state index in [9.17, 15) is 9.59 Å². The Morgan fingerprint density at radius 3 is 1.77 bits per heavy atom. The molecule has 5 aromatic carbocycles. The summed E-state index contributed by atoms with van der Waals surface area (Å²) in [7, 11) is 1.31. The number of ether oxygens (including phenoxy) is 1. The van der Waals surface area contributed by atoms with Gasteiger partial charge in [-0.3, -0.25) is 4.79 Å². The second-order valence-electron chi connectivity index (χ2n) is 12.6. The van der Waals surface area contributed by atoms with E-state index in [1.165, 1.54) is 14.0 Å². The highest BCUT2D eigenvalue weighted by atomic mass is 16.5. The van der Waals surface area contributed by atoms with Crippen molar-refractivity contribution in [3.05, 3.63) is 179 Å². The molecule has 0 amide bonds. The lowest BCUT2D eigenvalue weighted by Gasteiger charge is -2.36. The fraction of sp³-hybridized carbons (Fsp3) is 0.163. The van der Waals surface area contributed by atoms with Gasteiger partial charge < -0.3 is 9.30 Å². The maximum absolute atomic E-state index is 12.9. The van der Waals surface area contributed by atoms with Crippen molar-refractivity contribution >= 4 is 11.8 Å². The number of methoxy groups -OCH3 is 1. The highest BCUT2D eigenvalue weighted by Gasteiger charge is 2.42. The normalized spacial score (nSPS) is 11.4. The summed E-state index contributed by atoms with van der Waals surface area (Å²) >= 11 is 0. The molecule has 9 heteroatoms. The Morgan fingerprint density at radius 1 is 0.712 bits per heavy atom. The number of hydrogen-bond acceptors (Lipinski definition) is 7. The van der Waals surface area contributed by atoms with Gasteiger partial charge in [-0.2, -0.15) is 0 Å². The van der Waals surface area contributed by atoms with E-state index in [1.54, 1.807) is 4.57 Å². The first-order valence-electron chi connectivity index (χ1n) is 17.3. The molecule has 7 rings (SSSR count). The van der Waals surface area contributed by atoms with Gasteiger partial charge in [-0.25, -0.2) is 14.5 Å². The number of tetrazole rings is 1. The van der Waals surface area contributed by atoms with Gasteiger partial charge in [0.15, 0.2) is 17.3 Å². The molecule has 0 saturated carbocycles. The Labute approximate surface area is 302 Å². The molecule has 0 aliphatic carbocycles. The predicted octanol–water partition coefficient (Wildman–Crippen LogP) is 8.03. The van der Waals surface area contributed by atoms with Gasteiger partial charge in [0, 0.05) is 25.5 Å². The Balaban J connectivity index is 1.34. The van der Waals surface area contributed by atoms with Crippen molar-refractivity contribution in [3.8, 4) is 22.5 Å². The van der Waals surface area contributed by atoms with Crippen LogP contribution >= 0.6 is 0 Å². The minimum atomic E-state index is -0.892. The quantitative estimate of drug-likeness (QED) is 0.0728. The van der Waals surface area contributed by atoms with Gasteiger partial charge in [0.2, 0.25) is 0 Å². The van der Waals surface area contributed by atoms with Crippen LogP contribution in [0.5, 0.6) is 0 Å². The van der Waals surface area contributed by atoms with Gasteiger partial charge in [0.05, 0.1) is 7.11 Å². The largest absolute Gasteiger partial charge is 0.464 e. The van der Waals surface area contributed by atoms with Crippen molar-refractivity contribution in [2.45, 2.75) is 38.8 Å². The number of carbonyl (C=O) groups excluding carboxylic acids is 2. The van der Waals surface area contributed by atoms with Crippen molar-refractivity contribution < 1.29 is 14.3 Å². The number of aryl methyl sites for hydroxylation is 1. The standard InChI is InChI=1S/C43H38N6O3/c1-4-16-38-44-39(30(2)50)40(42(51)52-3)48(38)29-31-25-27-32(28-26-31)36-23-14-15-24-37(36)41-45-46-47-49(41)43(33-17-8-5-9-18-33,34-19-10-6-11-20-34)35-21-12-7-13-22-35/h5-15,17-28H,4,16,29H2,1-3H3. The molecule has 0 bridgehead atoms. The molecule has 0 spiro atoms. The Bertz CT molecular complexity index is 2220. The molecule has 7 aromatic rings. The summed E-state index contributed by atoms with van der Waals surface area (Å²) in [5, 5.41) is 13.7. The van der Waals surface area contributed by atoms with Crippen LogP contribution in [-0.4, -0.2) is 48.6 Å². The molecule has 0 N–H and O–H groups in total. The molecule has 0 unspecified atom stereocenters. The maximum Gasteiger partial charge on any atom is 0.357 e. The summed E-state index contributed by atoms with van der Waals surface area (Å²) < 4.78 is 8.82. The number of imidazole rings is 1. The van der Waals surface area contributed by atoms with Crippen LogP contribution in [-0.2, 0) is 23.2 Å². The first-order chi connectivity index (χ1) is 25.5. The van der Waals surface area contributed by atoms with Crippen molar-refractivity contribution in [1.29, 1.82) is 0 Å². The third-order valence-corrected chi connectivity index (χ3v) is 9.37. The summed E-state index contributed by atoms with van der Waals surface area (Å²) in [6.45, 7) is 3.81. The molecule has 52 heavy (non-hydrogen) atoms. The molecular formula is C43H38N6O3. The van der Waals surface area contributed by atoms with Crippen LogP contribution in [0.15, 0.2) is 140 Å². The molecule has 2 aromatic heterocycles. The van der Waals surface area contributed by atoms with Crippen molar-refractivity contribution in [2.75, 3.05) is 7.11 Å². The lowest BCUT2D eigenvalue weighted by atomic mass is 9.77. The van der Waals surface area contributed by atoms with Gasteiger partial charge in [0.1, 0.15) is 17.1 Å². The van der Waals surface area contributed by atoms with Gasteiger partial charge >= 0.3 is 5.97 Å². The van der Waals surface area contributed by atoms with E-state index in [2.05, 4.69) is 69.9 Å². The van der Waals surface area contributed by atoms with Crippen molar-refractivity contribution in [3.63, 3.8) is 0 Å². The summed E-state index contributed by atoms with van der Waals surface area (Å²) in [6.07, 6.45) is 1.43. The number of nitrogens with zero attached hydrogens (tertiary/aromatic N) is 6. The minimum Gasteiger partial charge on any atom is -0.464 e. The average molecular weight is 687 g/mol. The Hall–Kier alpha value is -6.48. The van der Waals surface area contributed by atoms with Crippen molar-refractivity contribution in [1.82, 2.24) is 29.8 Å². The number of carbonyl (C=O) groups is 2. The molecule has 2 heterocycles. The molecular weight excluding hydrogens is 649 g/mol. The smallest absolute Gasteiger partial charge is 0.357 e. The maximum atomic E-state index is 12.9. The molecule has 0 atom stereocenters. The molecule has 0 radical (unpaired) electrons. The monoisotopic (exact) mass is 686 g/mol. The van der Waals surface area contributed by atoms with E-state index in [4.69, 9.17) is 9.95 Å². The molecule has 0 fully saturated rings. The molecule has 258 valence electrons. The third kappa shape index (κ3) is 6.11. The van der Waals surface area contributed by atoms with Crippen LogP contribution in [0.1, 0.15) is 69.3 Å². The summed E-state index contributed by atoms with van der Waals surface area (Å²) in [6, 6.07) is 47.3. The number of aromatic nitrogens is 6. The third-order valence-electron chi connectivity index (χ3n) is 9.37. The number of esters is 1. The molecule has 9 nitrogen and oxygen atoms in total. The number of ketones is 1. The van der Waals surface area contributed by atoms with Crippen LogP contribution in [0.25, 0.3) is 22.5 Å². The lowest BCUT2D eigenvalue weighted by Crippen LogP contribution is -2.39. The zero-order chi connectivity index (χ0) is 36.1. The highest BCUT2D eigenvalue weighted by Crippen LogP contribution is 2.43. The number of Topliss-reactive ketones (excluding diaryl/α,β-unsaturated/α-hetero) is 1. The zero-order valence-electron chi connectivity index (χ0n) is 29.3. The van der Waals surface area contributed by atoms with Crippen LogP contribution in [0, 0.1) is 0 Å². The highest BCUT2D eigenvalue weighted by molar-refractivity contribution is 6.03. The van der Waals surface area contributed by atoms with E-state index in [0.29, 0.717) is 24.6 Å². The first-order valence-corrected chi connectivity index (χ1v) is 17.3. The average Bonchev–Trinajstić information content (AvgIpc) is 3.82. The lowest BCUT2D eigenvalue weighted by molar-refractivity contribution is 0.0584. The number of benzene rings is 5.